The van der Waals surface area contributed by atoms with E-state index < -0.39 is 49.3 Å². The van der Waals surface area contributed by atoms with Crippen molar-refractivity contribution in [2.45, 2.75) is 41.5 Å². The molecule has 4 rings (SSSR count). The van der Waals surface area contributed by atoms with Crippen molar-refractivity contribution in [2.75, 3.05) is 0 Å². The number of rotatable bonds is 6. The minimum absolute atomic E-state index is 0.0743. The Bertz CT molecular complexity index is 1230. The van der Waals surface area contributed by atoms with Gasteiger partial charge in [0, 0.05) is 16.4 Å². The summed E-state index contributed by atoms with van der Waals surface area (Å²) < 4.78 is 83.7. The first-order chi connectivity index (χ1) is 14.8. The first kappa shape index (κ1) is 22.8. The number of allylic oxidation sites excluding steroid dienone is 1. The Kier molecular flexibility index (Phi) is 5.21. The first-order valence-electron chi connectivity index (χ1n) is 9.22. The molecule has 3 atom stereocenters. The van der Waals surface area contributed by atoms with E-state index >= 15 is 0 Å². The predicted molar refractivity (Wildman–Crippen MR) is 106 cm³/mol. The minimum atomic E-state index is -4.74. The van der Waals surface area contributed by atoms with Crippen molar-refractivity contribution in [1.29, 1.82) is 0 Å². The van der Waals surface area contributed by atoms with Crippen LogP contribution in [0, 0.1) is 5.82 Å². The van der Waals surface area contributed by atoms with Crippen LogP contribution in [0.2, 0.25) is 0 Å². The third-order valence-corrected chi connectivity index (χ3v) is 9.38. The van der Waals surface area contributed by atoms with Crippen molar-refractivity contribution in [3.8, 4) is 0 Å². The highest BCUT2D eigenvalue weighted by molar-refractivity contribution is 8.18. The van der Waals surface area contributed by atoms with Gasteiger partial charge in [0.05, 0.1) is 0 Å². The maximum Gasteiger partial charge on any atom is 0.452 e. The lowest BCUT2D eigenvalue weighted by Crippen LogP contribution is -2.50. The van der Waals surface area contributed by atoms with Gasteiger partial charge < -0.3 is 9.63 Å². The SMILES string of the molecule is CC1(c2ccccc2F)CC1(NS(=O)(=O)C1CC=C(c2cc(C(F)(F)F)on2)S1)C(=O)O. The second kappa shape index (κ2) is 7.32. The smallest absolute Gasteiger partial charge is 0.452 e. The van der Waals surface area contributed by atoms with Crippen molar-refractivity contribution in [3.63, 3.8) is 0 Å². The number of aliphatic carboxylic acids is 1. The van der Waals surface area contributed by atoms with Gasteiger partial charge in [-0.05, 0) is 24.5 Å². The number of alkyl halides is 3. The molecule has 0 bridgehead atoms. The number of carbonyl (C=O) groups is 1. The molecule has 0 saturated heterocycles. The van der Waals surface area contributed by atoms with Gasteiger partial charge in [-0.1, -0.05) is 36.4 Å². The van der Waals surface area contributed by atoms with Gasteiger partial charge in [0.25, 0.3) is 0 Å². The van der Waals surface area contributed by atoms with E-state index in [1.807, 2.05) is 0 Å². The van der Waals surface area contributed by atoms with E-state index in [1.165, 1.54) is 31.2 Å². The number of sulfonamides is 1. The minimum Gasteiger partial charge on any atom is -0.480 e. The molecule has 7 nitrogen and oxygen atoms in total. The van der Waals surface area contributed by atoms with Gasteiger partial charge in [0.15, 0.2) is 0 Å². The van der Waals surface area contributed by atoms with Crippen LogP contribution in [0.15, 0.2) is 40.9 Å². The molecule has 172 valence electrons. The van der Waals surface area contributed by atoms with E-state index in [9.17, 15) is 35.9 Å². The molecule has 2 N–H and O–H groups in total. The molecule has 1 saturated carbocycles. The number of hydrogen-bond acceptors (Lipinski definition) is 6. The number of halogens is 4. The van der Waals surface area contributed by atoms with Gasteiger partial charge in [-0.25, -0.2) is 12.8 Å². The molecule has 1 aromatic heterocycles. The van der Waals surface area contributed by atoms with E-state index in [0.29, 0.717) is 6.07 Å². The fourth-order valence-corrected chi connectivity index (χ4v) is 7.05. The van der Waals surface area contributed by atoms with Crippen LogP contribution >= 0.6 is 11.8 Å². The van der Waals surface area contributed by atoms with Crippen LogP contribution in [0.5, 0.6) is 0 Å². The number of benzene rings is 1. The summed E-state index contributed by atoms with van der Waals surface area (Å²) in [6, 6.07) is 6.19. The number of nitrogens with zero attached hydrogens (tertiary/aromatic N) is 1. The van der Waals surface area contributed by atoms with Crippen LogP contribution in [0.3, 0.4) is 0 Å². The first-order valence-corrected chi connectivity index (χ1v) is 11.6. The molecule has 0 spiro atoms. The molecule has 0 radical (unpaired) electrons. The van der Waals surface area contributed by atoms with Crippen LogP contribution in [-0.2, 0) is 26.4 Å². The number of carboxylic acids is 1. The number of hydrogen-bond donors (Lipinski definition) is 2. The number of carboxylic acid groups (broad SMARTS) is 1. The second-order valence-electron chi connectivity index (χ2n) is 7.77. The summed E-state index contributed by atoms with van der Waals surface area (Å²) in [6.07, 6.45) is -3.59. The van der Waals surface area contributed by atoms with Gasteiger partial charge >= 0.3 is 12.1 Å². The Morgan fingerprint density at radius 2 is 2.03 bits per heavy atom. The highest BCUT2D eigenvalue weighted by atomic mass is 32.3. The van der Waals surface area contributed by atoms with E-state index in [-0.39, 0.29) is 29.0 Å². The van der Waals surface area contributed by atoms with Crippen LogP contribution < -0.4 is 4.72 Å². The number of thioether (sulfide) groups is 1. The average molecular weight is 492 g/mol. The van der Waals surface area contributed by atoms with Crippen molar-refractivity contribution < 1.29 is 40.4 Å². The van der Waals surface area contributed by atoms with E-state index in [2.05, 4.69) is 14.4 Å². The van der Waals surface area contributed by atoms with E-state index in [0.717, 1.165) is 17.8 Å². The van der Waals surface area contributed by atoms with Crippen LogP contribution in [0.1, 0.15) is 36.8 Å². The Morgan fingerprint density at radius 1 is 1.34 bits per heavy atom. The van der Waals surface area contributed by atoms with E-state index in [4.69, 9.17) is 0 Å². The lowest BCUT2D eigenvalue weighted by atomic mass is 9.92. The predicted octanol–water partition coefficient (Wildman–Crippen LogP) is 3.74. The molecule has 1 aliphatic carbocycles. The van der Waals surface area contributed by atoms with Crippen LogP contribution in [0.25, 0.3) is 4.91 Å². The lowest BCUT2D eigenvalue weighted by Gasteiger charge is -2.23. The number of aromatic nitrogens is 1. The third kappa shape index (κ3) is 3.61. The highest BCUT2D eigenvalue weighted by Gasteiger charge is 2.73. The summed E-state index contributed by atoms with van der Waals surface area (Å²) in [5.74, 6) is -3.42. The zero-order chi connectivity index (χ0) is 23.5. The standard InChI is InChI=1S/C19H16F4N2O5S2/c1-17(10-4-2-3-5-11(10)20)9-18(17,16(26)27)25-32(28,29)15-7-6-13(31-15)12-8-14(30-24-12)19(21,22)23/h2-6,8,15,25H,7,9H2,1H3,(H,26,27). The summed E-state index contributed by atoms with van der Waals surface area (Å²) >= 11 is 0.728. The molecule has 32 heavy (non-hydrogen) atoms. The fraction of sp³-hybridized carbons (Fsp3) is 0.368. The summed E-state index contributed by atoms with van der Waals surface area (Å²) in [4.78, 5) is 12.2. The Morgan fingerprint density at radius 3 is 2.62 bits per heavy atom. The molecular formula is C19H16F4N2O5S2. The average Bonchev–Trinajstić information content (AvgIpc) is 3.13. The Hall–Kier alpha value is -2.38. The summed E-state index contributed by atoms with van der Waals surface area (Å²) in [5, 5.41) is 13.1. The van der Waals surface area contributed by atoms with Gasteiger partial charge in [-0.2, -0.15) is 17.9 Å². The van der Waals surface area contributed by atoms with Gasteiger partial charge in [0.1, 0.15) is 21.6 Å². The quantitative estimate of drug-likeness (QED) is 0.592. The zero-order valence-electron chi connectivity index (χ0n) is 16.3. The molecule has 0 amide bonds. The molecule has 13 heteroatoms. The lowest BCUT2D eigenvalue weighted by molar-refractivity contribution is -0.155. The highest BCUT2D eigenvalue weighted by Crippen LogP contribution is 2.59. The monoisotopic (exact) mass is 492 g/mol. The van der Waals surface area contributed by atoms with Crippen molar-refractivity contribution in [1.82, 2.24) is 9.88 Å². The number of nitrogens with one attached hydrogen (secondary N) is 1. The molecular weight excluding hydrogens is 476 g/mol. The second-order valence-corrected chi connectivity index (χ2v) is 11.2. The summed E-state index contributed by atoms with van der Waals surface area (Å²) in [7, 11) is -4.28. The third-order valence-electron chi connectivity index (χ3n) is 5.73. The van der Waals surface area contributed by atoms with Gasteiger partial charge in [-0.15, -0.1) is 11.8 Å². The molecule has 1 aromatic carbocycles. The molecule has 2 aliphatic rings. The van der Waals surface area contributed by atoms with Gasteiger partial charge in [-0.3, -0.25) is 4.79 Å². The molecule has 1 fully saturated rings. The van der Waals surface area contributed by atoms with Gasteiger partial charge in [0.2, 0.25) is 15.8 Å². The molecule has 2 heterocycles. The van der Waals surface area contributed by atoms with E-state index in [1.54, 1.807) is 0 Å². The van der Waals surface area contributed by atoms with Crippen molar-refractivity contribution in [2.24, 2.45) is 0 Å². The Labute approximate surface area is 183 Å². The van der Waals surface area contributed by atoms with Crippen molar-refractivity contribution >= 4 is 32.7 Å². The molecule has 1 aliphatic heterocycles. The summed E-state index contributed by atoms with van der Waals surface area (Å²) in [5.41, 5.74) is -3.36. The van der Waals surface area contributed by atoms with Crippen LogP contribution in [0.4, 0.5) is 17.6 Å². The summed E-state index contributed by atoms with van der Waals surface area (Å²) in [6.45, 7) is 1.46. The normalized spacial score (nSPS) is 27.9. The molecule has 3 unspecified atom stereocenters. The Balaban J connectivity index is 1.54. The van der Waals surface area contributed by atoms with Crippen LogP contribution in [-0.4, -0.2) is 34.8 Å². The fourth-order valence-electron chi connectivity index (χ4n) is 3.85. The topological polar surface area (TPSA) is 110 Å². The maximum absolute atomic E-state index is 14.3. The zero-order valence-corrected chi connectivity index (χ0v) is 17.9. The van der Waals surface area contributed by atoms with Crippen molar-refractivity contribution in [3.05, 3.63) is 59.2 Å². The largest absolute Gasteiger partial charge is 0.480 e. The molecule has 2 aromatic rings. The maximum atomic E-state index is 14.3.